The molecule has 25 heavy (non-hydrogen) atoms. The fraction of sp³-hybridized carbons (Fsp3) is 0.571. The molecule has 1 N–H and O–H groups in total. The number of aromatic amines is 1. The van der Waals surface area contributed by atoms with Gasteiger partial charge in [0.1, 0.15) is 5.75 Å². The maximum atomic E-state index is 12.2. The average Bonchev–Trinajstić information content (AvgIpc) is 3.00. The van der Waals surface area contributed by atoms with Gasteiger partial charge in [0.05, 0.1) is 0 Å². The summed E-state index contributed by atoms with van der Waals surface area (Å²) in [6.07, 6.45) is 10.5. The number of nitrogens with one attached hydrogen (secondary N) is 1. The van der Waals surface area contributed by atoms with Crippen LogP contribution in [-0.4, -0.2) is 36.5 Å². The van der Waals surface area contributed by atoms with Crippen molar-refractivity contribution in [2.45, 2.75) is 58.3 Å². The van der Waals surface area contributed by atoms with Gasteiger partial charge < -0.3 is 14.6 Å². The monoisotopic (exact) mass is 344 g/mol. The highest BCUT2D eigenvalue weighted by Gasteiger charge is 2.13. The molecule has 0 unspecified atom stereocenters. The summed E-state index contributed by atoms with van der Waals surface area (Å²) in [7, 11) is 4.13. The topological polar surface area (TPSA) is 45.3 Å². The third-order valence-corrected chi connectivity index (χ3v) is 4.54. The van der Waals surface area contributed by atoms with Gasteiger partial charge in [-0.15, -0.1) is 0 Å². The summed E-state index contributed by atoms with van der Waals surface area (Å²) >= 11 is 0. The standard InChI is InChI=1S/C21H32N2O2/c1-4-5-6-7-8-9-13-20(24)25-19-12-10-11-18-21(19)17(16-22-18)14-15-23(2)3/h10-12,16,22H,4-9,13-15H2,1-3H3. The van der Waals surface area contributed by atoms with Crippen molar-refractivity contribution in [2.75, 3.05) is 20.6 Å². The number of rotatable bonds is 11. The van der Waals surface area contributed by atoms with Gasteiger partial charge in [-0.05, 0) is 44.6 Å². The Balaban J connectivity index is 1.93. The summed E-state index contributed by atoms with van der Waals surface area (Å²) in [5.41, 5.74) is 2.23. The second-order valence-electron chi connectivity index (χ2n) is 7.04. The van der Waals surface area contributed by atoms with Gasteiger partial charge in [0.2, 0.25) is 0 Å². The van der Waals surface area contributed by atoms with Crippen LogP contribution in [0.2, 0.25) is 0 Å². The second-order valence-corrected chi connectivity index (χ2v) is 7.04. The number of hydrogen-bond donors (Lipinski definition) is 1. The Morgan fingerprint density at radius 2 is 1.88 bits per heavy atom. The fourth-order valence-corrected chi connectivity index (χ4v) is 3.07. The zero-order chi connectivity index (χ0) is 18.1. The van der Waals surface area contributed by atoms with Crippen molar-refractivity contribution in [3.05, 3.63) is 30.0 Å². The summed E-state index contributed by atoms with van der Waals surface area (Å²) in [5, 5.41) is 1.04. The highest BCUT2D eigenvalue weighted by atomic mass is 16.5. The van der Waals surface area contributed by atoms with E-state index in [0.29, 0.717) is 12.2 Å². The molecule has 0 amide bonds. The van der Waals surface area contributed by atoms with Gasteiger partial charge in [-0.25, -0.2) is 0 Å². The molecule has 2 aromatic rings. The molecule has 2 rings (SSSR count). The van der Waals surface area contributed by atoms with Crippen LogP contribution in [-0.2, 0) is 11.2 Å². The van der Waals surface area contributed by atoms with Gasteiger partial charge in [0.25, 0.3) is 0 Å². The van der Waals surface area contributed by atoms with Crippen LogP contribution >= 0.6 is 0 Å². The minimum Gasteiger partial charge on any atom is -0.426 e. The Kier molecular flexibility index (Phi) is 7.99. The van der Waals surface area contributed by atoms with E-state index in [1.807, 2.05) is 24.4 Å². The van der Waals surface area contributed by atoms with Gasteiger partial charge in [0, 0.05) is 30.1 Å². The molecule has 138 valence electrons. The molecule has 0 atom stereocenters. The van der Waals surface area contributed by atoms with E-state index >= 15 is 0 Å². The van der Waals surface area contributed by atoms with Crippen molar-refractivity contribution in [1.82, 2.24) is 9.88 Å². The minimum absolute atomic E-state index is 0.122. The van der Waals surface area contributed by atoms with E-state index < -0.39 is 0 Å². The third kappa shape index (κ3) is 6.20. The van der Waals surface area contributed by atoms with Crippen LogP contribution in [0.5, 0.6) is 5.75 Å². The third-order valence-electron chi connectivity index (χ3n) is 4.54. The van der Waals surface area contributed by atoms with E-state index in [2.05, 4.69) is 30.9 Å². The zero-order valence-corrected chi connectivity index (χ0v) is 15.9. The van der Waals surface area contributed by atoms with Crippen LogP contribution in [0.3, 0.4) is 0 Å². The number of nitrogens with zero attached hydrogens (tertiary/aromatic N) is 1. The number of aromatic nitrogens is 1. The SMILES string of the molecule is CCCCCCCCC(=O)Oc1cccc2[nH]cc(CCN(C)C)c12. The summed E-state index contributed by atoms with van der Waals surface area (Å²) in [6.45, 7) is 3.18. The number of likely N-dealkylation sites (N-methyl/N-ethyl adjacent to an activating group) is 1. The number of carbonyl (C=O) groups is 1. The Hall–Kier alpha value is -1.81. The Morgan fingerprint density at radius 3 is 2.64 bits per heavy atom. The molecule has 0 bridgehead atoms. The first-order valence-corrected chi connectivity index (χ1v) is 9.56. The fourth-order valence-electron chi connectivity index (χ4n) is 3.07. The van der Waals surface area contributed by atoms with E-state index in [-0.39, 0.29) is 5.97 Å². The predicted octanol–water partition coefficient (Wildman–Crippen LogP) is 4.93. The number of unbranched alkanes of at least 4 members (excludes halogenated alkanes) is 5. The largest absolute Gasteiger partial charge is 0.426 e. The highest BCUT2D eigenvalue weighted by Crippen LogP contribution is 2.29. The maximum absolute atomic E-state index is 12.2. The summed E-state index contributed by atoms with van der Waals surface area (Å²) in [6, 6.07) is 5.86. The smallest absolute Gasteiger partial charge is 0.311 e. The molecular formula is C21H32N2O2. The Labute approximate surface area is 151 Å². The van der Waals surface area contributed by atoms with E-state index in [9.17, 15) is 4.79 Å². The van der Waals surface area contributed by atoms with Crippen LogP contribution in [0.1, 0.15) is 57.4 Å². The van der Waals surface area contributed by atoms with Crippen molar-refractivity contribution in [3.8, 4) is 5.75 Å². The van der Waals surface area contributed by atoms with E-state index in [1.54, 1.807) is 0 Å². The lowest BCUT2D eigenvalue weighted by Gasteiger charge is -2.10. The maximum Gasteiger partial charge on any atom is 0.311 e. The number of carbonyl (C=O) groups excluding carboxylic acids is 1. The molecule has 0 aliphatic heterocycles. The number of fused-ring (bicyclic) bond motifs is 1. The molecule has 0 aliphatic carbocycles. The zero-order valence-electron chi connectivity index (χ0n) is 15.9. The lowest BCUT2D eigenvalue weighted by molar-refractivity contribution is -0.134. The molecule has 1 heterocycles. The highest BCUT2D eigenvalue weighted by molar-refractivity contribution is 5.91. The number of benzene rings is 1. The molecule has 0 fully saturated rings. The van der Waals surface area contributed by atoms with Crippen molar-refractivity contribution < 1.29 is 9.53 Å². The van der Waals surface area contributed by atoms with Crippen LogP contribution in [0.4, 0.5) is 0 Å². The van der Waals surface area contributed by atoms with E-state index in [1.165, 1.54) is 31.2 Å². The Bertz CT molecular complexity index is 661. The number of H-pyrrole nitrogens is 1. The van der Waals surface area contributed by atoms with Crippen molar-refractivity contribution in [2.24, 2.45) is 0 Å². The molecule has 1 aromatic heterocycles. The molecule has 0 radical (unpaired) electrons. The first-order valence-electron chi connectivity index (χ1n) is 9.56. The van der Waals surface area contributed by atoms with Crippen LogP contribution in [0.25, 0.3) is 10.9 Å². The van der Waals surface area contributed by atoms with Crippen LogP contribution in [0.15, 0.2) is 24.4 Å². The van der Waals surface area contributed by atoms with Crippen LogP contribution < -0.4 is 4.74 Å². The molecule has 4 nitrogen and oxygen atoms in total. The number of ether oxygens (including phenoxy) is 1. The first-order chi connectivity index (χ1) is 12.1. The molecule has 4 heteroatoms. The van der Waals surface area contributed by atoms with Crippen molar-refractivity contribution >= 4 is 16.9 Å². The Morgan fingerprint density at radius 1 is 1.12 bits per heavy atom. The molecular weight excluding hydrogens is 312 g/mol. The predicted molar refractivity (Wildman–Crippen MR) is 104 cm³/mol. The molecule has 0 saturated heterocycles. The molecule has 0 spiro atoms. The van der Waals surface area contributed by atoms with Crippen molar-refractivity contribution in [1.29, 1.82) is 0 Å². The van der Waals surface area contributed by atoms with E-state index in [0.717, 1.165) is 36.7 Å². The minimum atomic E-state index is -0.122. The number of esters is 1. The van der Waals surface area contributed by atoms with Gasteiger partial charge in [-0.1, -0.05) is 45.1 Å². The number of hydrogen-bond acceptors (Lipinski definition) is 3. The van der Waals surface area contributed by atoms with Crippen LogP contribution in [0, 0.1) is 0 Å². The van der Waals surface area contributed by atoms with Gasteiger partial charge in [-0.3, -0.25) is 4.79 Å². The van der Waals surface area contributed by atoms with Gasteiger partial charge in [-0.2, -0.15) is 0 Å². The molecule has 0 aliphatic rings. The molecule has 0 saturated carbocycles. The normalized spacial score (nSPS) is 11.4. The summed E-state index contributed by atoms with van der Waals surface area (Å²) in [4.78, 5) is 17.6. The quantitative estimate of drug-likeness (QED) is 0.357. The van der Waals surface area contributed by atoms with Gasteiger partial charge in [0.15, 0.2) is 0 Å². The summed E-state index contributed by atoms with van der Waals surface area (Å²) < 4.78 is 5.69. The summed E-state index contributed by atoms with van der Waals surface area (Å²) in [5.74, 6) is 0.561. The first kappa shape index (κ1) is 19.5. The van der Waals surface area contributed by atoms with Crippen molar-refractivity contribution in [3.63, 3.8) is 0 Å². The average molecular weight is 344 g/mol. The lowest BCUT2D eigenvalue weighted by Crippen LogP contribution is -2.15. The van der Waals surface area contributed by atoms with E-state index in [4.69, 9.17) is 4.74 Å². The van der Waals surface area contributed by atoms with Gasteiger partial charge >= 0.3 is 5.97 Å². The second kappa shape index (κ2) is 10.2. The molecule has 1 aromatic carbocycles. The lowest BCUT2D eigenvalue weighted by atomic mass is 10.1.